The molecule has 1 amide bonds. The van der Waals surface area contributed by atoms with Gasteiger partial charge in [-0.05, 0) is 61.6 Å². The number of aromatic nitrogens is 1. The number of hydrogen-bond donors (Lipinski definition) is 1. The van der Waals surface area contributed by atoms with Crippen molar-refractivity contribution in [3.05, 3.63) is 59.3 Å². The van der Waals surface area contributed by atoms with E-state index in [1.165, 1.54) is 12.7 Å². The number of fused-ring (bicyclic) bond motifs is 1. The number of carbonyl (C=O) groups excluding carboxylic acids is 1. The molecule has 0 bridgehead atoms. The first kappa shape index (κ1) is 20.9. The average Bonchev–Trinajstić information content (AvgIpc) is 3.41. The van der Waals surface area contributed by atoms with Crippen molar-refractivity contribution in [1.82, 2.24) is 10.3 Å². The third-order valence-electron chi connectivity index (χ3n) is 5.23. The highest BCUT2D eigenvalue weighted by Crippen LogP contribution is 2.41. The number of thiazole rings is 1. The molecule has 1 unspecified atom stereocenters. The van der Waals surface area contributed by atoms with Crippen LogP contribution in [0, 0.1) is 11.3 Å². The summed E-state index contributed by atoms with van der Waals surface area (Å²) >= 11 is 1.59. The summed E-state index contributed by atoms with van der Waals surface area (Å²) in [5.74, 6) is 0.586. The lowest BCUT2D eigenvalue weighted by Gasteiger charge is -2.13. The first-order valence-electron chi connectivity index (χ1n) is 10.1. The molecule has 1 aromatic heterocycles. The monoisotopic (exact) mass is 433 g/mol. The van der Waals surface area contributed by atoms with Gasteiger partial charge in [0.05, 0.1) is 29.7 Å². The number of amides is 1. The summed E-state index contributed by atoms with van der Waals surface area (Å²) < 4.78 is 10.5. The molecule has 1 aliphatic carbocycles. The molecule has 1 aliphatic rings. The molecule has 0 aliphatic heterocycles. The molecule has 0 spiro atoms. The fourth-order valence-electron chi connectivity index (χ4n) is 3.88. The van der Waals surface area contributed by atoms with E-state index in [1.807, 2.05) is 44.3 Å². The van der Waals surface area contributed by atoms with Gasteiger partial charge >= 0.3 is 6.09 Å². The van der Waals surface area contributed by atoms with Gasteiger partial charge in [-0.1, -0.05) is 18.2 Å². The van der Waals surface area contributed by atoms with Crippen molar-refractivity contribution in [2.24, 2.45) is 0 Å². The van der Waals surface area contributed by atoms with Crippen molar-refractivity contribution < 1.29 is 14.3 Å². The maximum Gasteiger partial charge on any atom is 0.407 e. The predicted octanol–water partition coefficient (Wildman–Crippen LogP) is 5.48. The molecule has 1 heterocycles. The quantitative estimate of drug-likeness (QED) is 0.576. The Hall–Kier alpha value is -3.37. The summed E-state index contributed by atoms with van der Waals surface area (Å²) in [7, 11) is 1.37. The third kappa shape index (κ3) is 4.25. The van der Waals surface area contributed by atoms with Crippen molar-refractivity contribution in [3.63, 3.8) is 0 Å². The Morgan fingerprint density at radius 1 is 1.32 bits per heavy atom. The van der Waals surface area contributed by atoms with Crippen LogP contribution in [0.3, 0.4) is 0 Å². The minimum Gasteiger partial charge on any atom is -0.490 e. The zero-order valence-electron chi connectivity index (χ0n) is 17.6. The fraction of sp³-hybridized carbons (Fsp3) is 0.292. The lowest BCUT2D eigenvalue weighted by Crippen LogP contribution is -2.26. The zero-order chi connectivity index (χ0) is 22.0. The second-order valence-corrected chi connectivity index (χ2v) is 8.65. The summed E-state index contributed by atoms with van der Waals surface area (Å²) in [6, 6.07) is 13.9. The maximum absolute atomic E-state index is 11.7. The molecule has 4 rings (SSSR count). The number of hydrogen-bond acceptors (Lipinski definition) is 6. The number of carbonyl (C=O) groups is 1. The van der Waals surface area contributed by atoms with Crippen LogP contribution in [0.1, 0.15) is 43.0 Å². The van der Waals surface area contributed by atoms with Gasteiger partial charge in [-0.15, -0.1) is 11.3 Å². The van der Waals surface area contributed by atoms with Crippen LogP contribution in [0.4, 0.5) is 4.79 Å². The Morgan fingerprint density at radius 3 is 2.90 bits per heavy atom. The lowest BCUT2D eigenvalue weighted by molar-refractivity contribution is 0.166. The number of benzene rings is 2. The number of nitriles is 1. The summed E-state index contributed by atoms with van der Waals surface area (Å²) in [6.45, 7) is 3.87. The highest BCUT2D eigenvalue weighted by atomic mass is 32.1. The van der Waals surface area contributed by atoms with Crippen LogP contribution in [0.5, 0.6) is 5.75 Å². The molecule has 3 aromatic rings. The van der Waals surface area contributed by atoms with E-state index in [-0.39, 0.29) is 12.1 Å². The number of rotatable bonds is 5. The molecule has 158 valence electrons. The van der Waals surface area contributed by atoms with E-state index in [0.717, 1.165) is 39.4 Å². The second-order valence-electron chi connectivity index (χ2n) is 7.62. The largest absolute Gasteiger partial charge is 0.490 e. The van der Waals surface area contributed by atoms with E-state index in [0.29, 0.717) is 11.3 Å². The van der Waals surface area contributed by atoms with Crippen molar-refractivity contribution in [2.45, 2.75) is 38.8 Å². The van der Waals surface area contributed by atoms with Crippen molar-refractivity contribution >= 4 is 17.4 Å². The van der Waals surface area contributed by atoms with E-state index in [1.54, 1.807) is 11.3 Å². The van der Waals surface area contributed by atoms with E-state index >= 15 is 0 Å². The smallest absolute Gasteiger partial charge is 0.407 e. The number of methoxy groups -OCH3 is 1. The summed E-state index contributed by atoms with van der Waals surface area (Å²) in [4.78, 5) is 17.3. The van der Waals surface area contributed by atoms with E-state index in [4.69, 9.17) is 9.47 Å². The van der Waals surface area contributed by atoms with E-state index < -0.39 is 6.09 Å². The van der Waals surface area contributed by atoms with Crippen LogP contribution < -0.4 is 10.1 Å². The molecular formula is C24H23N3O3S. The number of ether oxygens (including phenoxy) is 2. The maximum atomic E-state index is 11.7. The summed E-state index contributed by atoms with van der Waals surface area (Å²) in [6.07, 6.45) is 3.19. The molecule has 2 aromatic carbocycles. The first-order chi connectivity index (χ1) is 15.0. The molecule has 0 saturated heterocycles. The van der Waals surface area contributed by atoms with Crippen LogP contribution in [0.25, 0.3) is 21.0 Å². The highest BCUT2D eigenvalue weighted by molar-refractivity contribution is 7.18. The van der Waals surface area contributed by atoms with Gasteiger partial charge in [-0.25, -0.2) is 9.78 Å². The normalized spacial score (nSPS) is 14.7. The Kier molecular flexibility index (Phi) is 5.92. The van der Waals surface area contributed by atoms with E-state index in [2.05, 4.69) is 28.5 Å². The Labute approximate surface area is 185 Å². The molecule has 6 nitrogen and oxygen atoms in total. The van der Waals surface area contributed by atoms with Crippen LogP contribution in [0.15, 0.2) is 42.6 Å². The molecule has 1 atom stereocenters. The van der Waals surface area contributed by atoms with E-state index in [9.17, 15) is 10.1 Å². The van der Waals surface area contributed by atoms with Gasteiger partial charge in [0.25, 0.3) is 0 Å². The molecule has 0 fully saturated rings. The molecule has 7 heteroatoms. The van der Waals surface area contributed by atoms with Gasteiger partial charge in [0.15, 0.2) is 0 Å². The Bertz CT molecular complexity index is 1160. The minimum absolute atomic E-state index is 0.00193. The van der Waals surface area contributed by atoms with Gasteiger partial charge in [0, 0.05) is 11.8 Å². The highest BCUT2D eigenvalue weighted by Gasteiger charge is 2.27. The zero-order valence-corrected chi connectivity index (χ0v) is 18.5. The van der Waals surface area contributed by atoms with Crippen LogP contribution in [-0.2, 0) is 11.2 Å². The van der Waals surface area contributed by atoms with Crippen molar-refractivity contribution in [2.75, 3.05) is 7.11 Å². The summed E-state index contributed by atoms with van der Waals surface area (Å²) in [5.41, 5.74) is 4.88. The second kappa shape index (κ2) is 8.78. The molecule has 31 heavy (non-hydrogen) atoms. The van der Waals surface area contributed by atoms with Gasteiger partial charge < -0.3 is 14.8 Å². The van der Waals surface area contributed by atoms with Gasteiger partial charge in [0.2, 0.25) is 0 Å². The van der Waals surface area contributed by atoms with Gasteiger partial charge in [-0.3, -0.25) is 0 Å². The average molecular weight is 434 g/mol. The van der Waals surface area contributed by atoms with Crippen molar-refractivity contribution in [1.29, 1.82) is 5.26 Å². The molecule has 1 N–H and O–H groups in total. The third-order valence-corrected chi connectivity index (χ3v) is 6.31. The first-order valence-corrected chi connectivity index (χ1v) is 11.0. The van der Waals surface area contributed by atoms with Crippen LogP contribution in [0.2, 0.25) is 0 Å². The van der Waals surface area contributed by atoms with Gasteiger partial charge in [0.1, 0.15) is 16.8 Å². The molecular weight excluding hydrogens is 410 g/mol. The molecule has 0 saturated carbocycles. The SMILES string of the molecule is COC(=O)NC1CCc2c(-c3cnc(-c4ccc(OC(C)C)c(C#N)c4)s3)cccc21. The minimum atomic E-state index is -0.415. The standard InChI is InChI=1S/C24H23N3O3S/c1-14(2)30-21-10-7-15(11-16(21)12-25)23-26-13-22(31-23)19-6-4-5-18-17(19)8-9-20(18)27-24(28)29-3/h4-7,10-11,13-14,20H,8-9H2,1-3H3,(H,27,28). The lowest BCUT2D eigenvalue weighted by atomic mass is 10.0. The van der Waals surface area contributed by atoms with Crippen LogP contribution >= 0.6 is 11.3 Å². The Balaban J connectivity index is 1.64. The van der Waals surface area contributed by atoms with Gasteiger partial charge in [-0.2, -0.15) is 5.26 Å². The van der Waals surface area contributed by atoms with Crippen molar-refractivity contribution in [3.8, 4) is 32.8 Å². The fourth-order valence-corrected chi connectivity index (χ4v) is 4.84. The predicted molar refractivity (Wildman–Crippen MR) is 120 cm³/mol. The number of alkyl carbamates (subject to hydrolysis) is 1. The number of nitrogens with zero attached hydrogens (tertiary/aromatic N) is 2. The molecule has 0 radical (unpaired) electrons. The Morgan fingerprint density at radius 2 is 2.16 bits per heavy atom. The number of nitrogens with one attached hydrogen (secondary N) is 1. The van der Waals surface area contributed by atoms with Crippen LogP contribution in [-0.4, -0.2) is 24.3 Å². The summed E-state index contributed by atoms with van der Waals surface area (Å²) in [5, 5.41) is 13.3. The topological polar surface area (TPSA) is 84.2 Å².